The van der Waals surface area contributed by atoms with Gasteiger partial charge in [-0.3, -0.25) is 9.05 Å². The fourth-order valence-electron chi connectivity index (χ4n) is 1.77. The molecule has 1 N–H and O–H groups in total. The molecule has 1 aliphatic rings. The molecular weight excluding hydrogens is 290 g/mol. The summed E-state index contributed by atoms with van der Waals surface area (Å²) in [4.78, 5) is 9.44. The van der Waals surface area contributed by atoms with Gasteiger partial charge in [0.25, 0.3) is 0 Å². The Kier molecular flexibility index (Phi) is 6.86. The van der Waals surface area contributed by atoms with Crippen molar-refractivity contribution in [2.75, 3.05) is 20.0 Å². The fraction of sp³-hybridized carbons (Fsp3) is 1.00. The Morgan fingerprint density at radius 2 is 2.16 bits per heavy atom. The largest absolute Gasteiger partial charge is 0.472 e. The van der Waals surface area contributed by atoms with Gasteiger partial charge in [0, 0.05) is 13.1 Å². The molecule has 0 saturated carbocycles. The molecule has 0 aromatic rings. The van der Waals surface area contributed by atoms with E-state index in [-0.39, 0.29) is 18.0 Å². The van der Waals surface area contributed by atoms with Crippen LogP contribution < -0.4 is 0 Å². The monoisotopic (exact) mass is 310 g/mol. The lowest BCUT2D eigenvalue weighted by atomic mass is 9.95. The first-order chi connectivity index (χ1) is 8.80. The first-order valence-corrected chi connectivity index (χ1v) is 8.71. The van der Waals surface area contributed by atoms with E-state index in [1.807, 2.05) is 20.1 Å². The summed E-state index contributed by atoms with van der Waals surface area (Å²) in [6.07, 6.45) is 0.715. The fourth-order valence-corrected chi connectivity index (χ4v) is 3.34. The van der Waals surface area contributed by atoms with Crippen molar-refractivity contribution in [2.24, 2.45) is 0 Å². The molecule has 2 radical (unpaired) electrons. The number of thioether (sulfide) groups is 1. The van der Waals surface area contributed by atoms with E-state index in [9.17, 15) is 9.46 Å². The first kappa shape index (κ1) is 17.5. The first-order valence-electron chi connectivity index (χ1n) is 5.93. The third-order valence-corrected chi connectivity index (χ3v) is 4.75. The molecule has 9 heteroatoms. The van der Waals surface area contributed by atoms with Gasteiger partial charge in [-0.2, -0.15) is 11.8 Å². The smallest absolute Gasteiger partial charge is 0.378 e. The third kappa shape index (κ3) is 5.04. The Hall–Kier alpha value is 0.445. The summed E-state index contributed by atoms with van der Waals surface area (Å²) in [6, 6.07) is -0.572. The Morgan fingerprint density at radius 1 is 1.53 bits per heavy atom. The van der Waals surface area contributed by atoms with Crippen molar-refractivity contribution >= 4 is 27.4 Å². The molecule has 0 aromatic carbocycles. The van der Waals surface area contributed by atoms with Crippen LogP contribution in [0.5, 0.6) is 0 Å². The summed E-state index contributed by atoms with van der Waals surface area (Å²) in [5, 5.41) is -0.253. The highest BCUT2D eigenvalue weighted by molar-refractivity contribution is 7.99. The minimum Gasteiger partial charge on any atom is -0.378 e. The van der Waals surface area contributed by atoms with E-state index >= 15 is 0 Å². The van der Waals surface area contributed by atoms with Crippen molar-refractivity contribution in [1.29, 1.82) is 0 Å². The van der Waals surface area contributed by atoms with Crippen LogP contribution in [0.3, 0.4) is 0 Å². The second kappa shape index (κ2) is 7.45. The molecule has 1 heterocycles. The molecule has 0 bridgehead atoms. The maximum atomic E-state index is 11.6. The van der Waals surface area contributed by atoms with Crippen LogP contribution in [0.25, 0.3) is 0 Å². The van der Waals surface area contributed by atoms with E-state index in [4.69, 9.17) is 21.8 Å². The average Bonchev–Trinajstić information content (AvgIpc) is 2.62. The van der Waals surface area contributed by atoms with E-state index in [1.165, 1.54) is 11.8 Å². The molecule has 1 aliphatic heterocycles. The minimum absolute atomic E-state index is 0.0251. The molecule has 6 nitrogen and oxygen atoms in total. The van der Waals surface area contributed by atoms with Crippen LogP contribution in [0.1, 0.15) is 13.8 Å². The van der Waals surface area contributed by atoms with Crippen molar-refractivity contribution in [2.45, 2.75) is 43.4 Å². The lowest BCUT2D eigenvalue weighted by Crippen LogP contribution is -2.35. The zero-order valence-corrected chi connectivity index (χ0v) is 13.2. The molecule has 1 unspecified atom stereocenters. The predicted octanol–water partition coefficient (Wildman–Crippen LogP) is 1.17. The molecule has 0 spiro atoms. The average molecular weight is 310 g/mol. The van der Waals surface area contributed by atoms with Crippen molar-refractivity contribution in [3.63, 3.8) is 0 Å². The molecule has 5 atom stereocenters. The Bertz CT molecular complexity index is 331. The minimum atomic E-state index is -4.09. The topological polar surface area (TPSA) is 74.2 Å². The quantitative estimate of drug-likeness (QED) is 0.559. The van der Waals surface area contributed by atoms with Crippen LogP contribution >= 0.6 is 19.6 Å². The van der Waals surface area contributed by atoms with Crippen molar-refractivity contribution in [3.05, 3.63) is 0 Å². The van der Waals surface area contributed by atoms with Gasteiger partial charge in [-0.05, 0) is 20.1 Å². The maximum absolute atomic E-state index is 11.6. The summed E-state index contributed by atoms with van der Waals surface area (Å²) in [6.45, 7) is 4.03. The standard InChI is InChI=1S/C10H20BO6PS/c1-6(2)15-5-7-8(17-18(12,13)14-3)9(19-4)10(11)16-7/h6-10H,5H2,1-4H3,(H,12,13)/t7-,8-,9-,10-/m1/s1. The van der Waals surface area contributed by atoms with Gasteiger partial charge < -0.3 is 14.4 Å². The highest BCUT2D eigenvalue weighted by atomic mass is 32.2. The van der Waals surface area contributed by atoms with Gasteiger partial charge in [-0.1, -0.05) is 0 Å². The molecule has 1 rings (SSSR count). The second-order valence-electron chi connectivity index (χ2n) is 4.44. The summed E-state index contributed by atoms with van der Waals surface area (Å²) >= 11 is 1.42. The van der Waals surface area contributed by atoms with Gasteiger partial charge in [0.15, 0.2) is 0 Å². The SMILES string of the molecule is [B][C@@H]1O[C@H](COC(C)C)[C@@H](OP(=O)(O)OC)[C@H]1SC. The van der Waals surface area contributed by atoms with Crippen LogP contribution in [0.15, 0.2) is 0 Å². The van der Waals surface area contributed by atoms with Crippen LogP contribution in [0.2, 0.25) is 0 Å². The van der Waals surface area contributed by atoms with E-state index in [2.05, 4.69) is 4.52 Å². The van der Waals surface area contributed by atoms with Gasteiger partial charge in [0.2, 0.25) is 0 Å². The molecule has 110 valence electrons. The molecule has 0 aliphatic carbocycles. The van der Waals surface area contributed by atoms with Gasteiger partial charge in [0.05, 0.1) is 18.0 Å². The van der Waals surface area contributed by atoms with Crippen LogP contribution in [0.4, 0.5) is 0 Å². The van der Waals surface area contributed by atoms with E-state index in [0.29, 0.717) is 0 Å². The molecule has 0 amide bonds. The van der Waals surface area contributed by atoms with Crippen molar-refractivity contribution < 1.29 is 28.0 Å². The van der Waals surface area contributed by atoms with Crippen LogP contribution in [0, 0.1) is 0 Å². The summed E-state index contributed by atoms with van der Waals surface area (Å²) in [5.74, 6) is 0. The number of ether oxygens (including phenoxy) is 2. The van der Waals surface area contributed by atoms with E-state index in [0.717, 1.165) is 7.11 Å². The number of phosphoric ester groups is 1. The summed E-state index contributed by atoms with van der Waals surface area (Å²) in [5.41, 5.74) is 0. The Morgan fingerprint density at radius 3 is 2.63 bits per heavy atom. The highest BCUT2D eigenvalue weighted by Gasteiger charge is 2.46. The predicted molar refractivity (Wildman–Crippen MR) is 74.5 cm³/mol. The van der Waals surface area contributed by atoms with E-state index in [1.54, 1.807) is 0 Å². The van der Waals surface area contributed by atoms with Gasteiger partial charge in [-0.25, -0.2) is 4.57 Å². The van der Waals surface area contributed by atoms with Crippen molar-refractivity contribution in [1.82, 2.24) is 0 Å². The summed E-state index contributed by atoms with van der Waals surface area (Å²) < 4.78 is 32.1. The molecule has 19 heavy (non-hydrogen) atoms. The highest BCUT2D eigenvalue weighted by Crippen LogP contribution is 2.47. The van der Waals surface area contributed by atoms with Crippen LogP contribution in [-0.2, 0) is 23.1 Å². The Labute approximate surface area is 119 Å². The number of hydrogen-bond donors (Lipinski definition) is 1. The third-order valence-electron chi connectivity index (χ3n) is 2.70. The normalized spacial score (nSPS) is 34.6. The number of hydrogen-bond acceptors (Lipinski definition) is 6. The van der Waals surface area contributed by atoms with Crippen LogP contribution in [-0.4, -0.2) is 62.3 Å². The zero-order chi connectivity index (χ0) is 14.6. The number of rotatable bonds is 7. The van der Waals surface area contributed by atoms with Gasteiger partial charge >= 0.3 is 7.82 Å². The molecular formula is C10H20BO6PS. The summed E-state index contributed by atoms with van der Waals surface area (Å²) in [7, 11) is 2.87. The van der Waals surface area contributed by atoms with E-state index < -0.39 is 26.0 Å². The number of phosphoric acid groups is 1. The van der Waals surface area contributed by atoms with Gasteiger partial charge in [-0.15, -0.1) is 0 Å². The maximum Gasteiger partial charge on any atom is 0.472 e. The Balaban J connectivity index is 2.75. The zero-order valence-electron chi connectivity index (χ0n) is 11.5. The lowest BCUT2D eigenvalue weighted by molar-refractivity contribution is -0.0464. The molecule has 0 aromatic heterocycles. The molecule has 1 saturated heterocycles. The lowest BCUT2D eigenvalue weighted by Gasteiger charge is -2.24. The second-order valence-corrected chi connectivity index (χ2v) is 6.97. The van der Waals surface area contributed by atoms with Gasteiger partial charge in [0.1, 0.15) is 20.1 Å². The van der Waals surface area contributed by atoms with Crippen molar-refractivity contribution in [3.8, 4) is 0 Å². The molecule has 1 fully saturated rings.